The van der Waals surface area contributed by atoms with Crippen molar-refractivity contribution in [1.29, 1.82) is 0 Å². The van der Waals surface area contributed by atoms with Crippen LogP contribution in [-0.4, -0.2) is 54.9 Å². The number of pyridine rings is 1. The van der Waals surface area contributed by atoms with Crippen molar-refractivity contribution < 1.29 is 14.6 Å². The zero-order valence-electron chi connectivity index (χ0n) is 24.4. The fraction of sp³-hybridized carbons (Fsp3) is 0.500. The largest absolute Gasteiger partial charge is 0.508 e. The number of likely N-dealkylation sites (tertiary alicyclic amines) is 1. The normalized spacial score (nSPS) is 18.4. The number of ether oxygens (including phenoxy) is 2. The molecule has 0 amide bonds. The average Bonchev–Trinajstić information content (AvgIpc) is 3.25. The van der Waals surface area contributed by atoms with E-state index in [9.17, 15) is 5.11 Å². The van der Waals surface area contributed by atoms with Crippen LogP contribution in [0, 0.1) is 0 Å². The SMILES string of the molecule is COc1cc(NC(C)Cc2ccc(CCN3CCCCCC3)cn2)c(C2CCc3cc(O)ccc3C2)cc1OC. The molecule has 6 heteroatoms. The highest BCUT2D eigenvalue weighted by Crippen LogP contribution is 2.42. The Kier molecular flexibility index (Phi) is 9.48. The first-order valence-corrected chi connectivity index (χ1v) is 15.0. The van der Waals surface area contributed by atoms with Crippen LogP contribution in [0.15, 0.2) is 48.7 Å². The number of aryl methyl sites for hydroxylation is 1. The van der Waals surface area contributed by atoms with Crippen LogP contribution in [0.25, 0.3) is 0 Å². The maximum absolute atomic E-state index is 9.92. The first-order chi connectivity index (χ1) is 19.5. The second-order valence-corrected chi connectivity index (χ2v) is 11.6. The molecule has 2 aromatic carbocycles. The zero-order chi connectivity index (χ0) is 27.9. The number of benzene rings is 2. The number of aromatic hydroxyl groups is 1. The van der Waals surface area contributed by atoms with Gasteiger partial charge in [-0.25, -0.2) is 0 Å². The summed E-state index contributed by atoms with van der Waals surface area (Å²) >= 11 is 0. The monoisotopic (exact) mass is 543 g/mol. The highest BCUT2D eigenvalue weighted by Gasteiger charge is 2.25. The summed E-state index contributed by atoms with van der Waals surface area (Å²) in [6, 6.07) is 14.6. The molecule has 2 heterocycles. The van der Waals surface area contributed by atoms with E-state index in [2.05, 4.69) is 53.7 Å². The van der Waals surface area contributed by atoms with Crippen LogP contribution in [0.4, 0.5) is 5.69 Å². The maximum atomic E-state index is 9.92. The summed E-state index contributed by atoms with van der Waals surface area (Å²) in [7, 11) is 3.38. The maximum Gasteiger partial charge on any atom is 0.162 e. The molecule has 1 aliphatic carbocycles. The smallest absolute Gasteiger partial charge is 0.162 e. The molecule has 1 saturated heterocycles. The first-order valence-electron chi connectivity index (χ1n) is 15.0. The van der Waals surface area contributed by atoms with E-state index in [1.165, 1.54) is 61.0 Å². The van der Waals surface area contributed by atoms with Gasteiger partial charge in [-0.05, 0) is 111 Å². The van der Waals surface area contributed by atoms with Gasteiger partial charge in [-0.1, -0.05) is 25.0 Å². The summed E-state index contributed by atoms with van der Waals surface area (Å²) in [6.07, 6.45) is 12.3. The van der Waals surface area contributed by atoms with Crippen LogP contribution in [-0.2, 0) is 25.7 Å². The number of phenolic OH excluding ortho intramolecular Hbond substituents is 1. The molecule has 40 heavy (non-hydrogen) atoms. The topological polar surface area (TPSA) is 66.9 Å². The van der Waals surface area contributed by atoms with Crippen molar-refractivity contribution in [2.45, 2.75) is 76.7 Å². The van der Waals surface area contributed by atoms with Crippen molar-refractivity contribution in [3.63, 3.8) is 0 Å². The lowest BCUT2D eigenvalue weighted by molar-refractivity contribution is 0.289. The molecule has 5 rings (SSSR count). The molecule has 2 aliphatic rings. The molecule has 2 N–H and O–H groups in total. The van der Waals surface area contributed by atoms with Crippen LogP contribution >= 0.6 is 0 Å². The lowest BCUT2D eigenvalue weighted by Gasteiger charge is -2.29. The number of hydrogen-bond acceptors (Lipinski definition) is 6. The van der Waals surface area contributed by atoms with E-state index in [0.717, 1.165) is 61.5 Å². The van der Waals surface area contributed by atoms with E-state index in [1.807, 2.05) is 6.07 Å². The Balaban J connectivity index is 1.26. The third kappa shape index (κ3) is 7.08. The van der Waals surface area contributed by atoms with Crippen molar-refractivity contribution >= 4 is 5.69 Å². The minimum atomic E-state index is 0.195. The quantitative estimate of drug-likeness (QED) is 0.303. The van der Waals surface area contributed by atoms with Crippen LogP contribution in [0.2, 0.25) is 0 Å². The summed E-state index contributed by atoms with van der Waals surface area (Å²) in [5, 5.41) is 13.7. The van der Waals surface area contributed by atoms with Crippen molar-refractivity contribution in [1.82, 2.24) is 9.88 Å². The Labute approximate surface area is 239 Å². The molecular weight excluding hydrogens is 498 g/mol. The molecule has 2 atom stereocenters. The minimum Gasteiger partial charge on any atom is -0.508 e. The highest BCUT2D eigenvalue weighted by atomic mass is 16.5. The molecule has 1 aromatic heterocycles. The number of phenols is 1. The molecule has 3 aromatic rings. The van der Waals surface area contributed by atoms with E-state index >= 15 is 0 Å². The average molecular weight is 544 g/mol. The summed E-state index contributed by atoms with van der Waals surface area (Å²) in [6.45, 7) is 5.83. The van der Waals surface area contributed by atoms with Gasteiger partial charge in [0.2, 0.25) is 0 Å². The van der Waals surface area contributed by atoms with Crippen molar-refractivity contribution in [2.24, 2.45) is 0 Å². The van der Waals surface area contributed by atoms with E-state index < -0.39 is 0 Å². The number of methoxy groups -OCH3 is 2. The van der Waals surface area contributed by atoms with Crippen molar-refractivity contribution in [3.05, 3.63) is 76.6 Å². The fourth-order valence-corrected chi connectivity index (χ4v) is 6.37. The number of nitrogens with one attached hydrogen (secondary N) is 1. The molecule has 0 radical (unpaired) electrons. The standard InChI is InChI=1S/C34H45N3O3/c1-24(18-29-12-8-25(23-35-29)14-17-37-15-6-4-5-7-16-37)36-32-22-34(40-3)33(39-2)21-31(32)28-10-9-27-20-30(38)13-11-26(27)19-28/h8,11-13,20-24,28,36,38H,4-7,9-10,14-19H2,1-3H3. The van der Waals surface area contributed by atoms with Gasteiger partial charge in [0.1, 0.15) is 5.75 Å². The fourth-order valence-electron chi connectivity index (χ4n) is 6.37. The van der Waals surface area contributed by atoms with Gasteiger partial charge >= 0.3 is 0 Å². The van der Waals surface area contributed by atoms with Crippen LogP contribution < -0.4 is 14.8 Å². The van der Waals surface area contributed by atoms with E-state index in [1.54, 1.807) is 20.3 Å². The van der Waals surface area contributed by atoms with E-state index in [-0.39, 0.29) is 6.04 Å². The Hall–Kier alpha value is -3.25. The molecule has 6 nitrogen and oxygen atoms in total. The van der Waals surface area contributed by atoms with Gasteiger partial charge in [-0.2, -0.15) is 0 Å². The summed E-state index contributed by atoms with van der Waals surface area (Å²) < 4.78 is 11.4. The second-order valence-electron chi connectivity index (χ2n) is 11.6. The Bertz CT molecular complexity index is 1250. The van der Waals surface area contributed by atoms with Gasteiger partial charge in [0.15, 0.2) is 11.5 Å². The number of rotatable bonds is 10. The van der Waals surface area contributed by atoms with Gasteiger partial charge in [-0.3, -0.25) is 4.98 Å². The molecule has 0 bridgehead atoms. The molecule has 0 saturated carbocycles. The van der Waals surface area contributed by atoms with Crippen molar-refractivity contribution in [2.75, 3.05) is 39.2 Å². The number of hydrogen-bond donors (Lipinski definition) is 2. The molecule has 0 spiro atoms. The van der Waals surface area contributed by atoms with Gasteiger partial charge in [0, 0.05) is 42.7 Å². The van der Waals surface area contributed by atoms with Gasteiger partial charge in [0.25, 0.3) is 0 Å². The lowest BCUT2D eigenvalue weighted by atomic mass is 9.79. The molecule has 1 fully saturated rings. The van der Waals surface area contributed by atoms with Crippen LogP contribution in [0.1, 0.15) is 72.9 Å². The molecule has 214 valence electrons. The lowest BCUT2D eigenvalue weighted by Crippen LogP contribution is -2.27. The Morgan fingerprint density at radius 1 is 0.975 bits per heavy atom. The number of anilines is 1. The third-order valence-electron chi connectivity index (χ3n) is 8.63. The Morgan fingerprint density at radius 3 is 2.48 bits per heavy atom. The molecular formula is C34H45N3O3. The molecule has 1 aliphatic heterocycles. The van der Waals surface area contributed by atoms with Crippen molar-refractivity contribution in [3.8, 4) is 17.2 Å². The predicted molar refractivity (Wildman–Crippen MR) is 162 cm³/mol. The van der Waals surface area contributed by atoms with E-state index in [4.69, 9.17) is 14.5 Å². The second kappa shape index (κ2) is 13.4. The summed E-state index contributed by atoms with van der Waals surface area (Å²) in [5.74, 6) is 2.19. The Morgan fingerprint density at radius 2 is 1.75 bits per heavy atom. The number of fused-ring (bicyclic) bond motifs is 1. The molecule has 2 unspecified atom stereocenters. The number of nitrogens with zero attached hydrogens (tertiary/aromatic N) is 2. The van der Waals surface area contributed by atoms with Gasteiger partial charge in [0.05, 0.1) is 14.2 Å². The third-order valence-corrected chi connectivity index (χ3v) is 8.63. The summed E-state index contributed by atoms with van der Waals surface area (Å²) in [4.78, 5) is 7.44. The van der Waals surface area contributed by atoms with Crippen LogP contribution in [0.3, 0.4) is 0 Å². The first kappa shape index (κ1) is 28.3. The zero-order valence-corrected chi connectivity index (χ0v) is 24.4. The van der Waals surface area contributed by atoms with Gasteiger partial charge in [-0.15, -0.1) is 0 Å². The highest BCUT2D eigenvalue weighted by molar-refractivity contribution is 5.63. The van der Waals surface area contributed by atoms with Gasteiger partial charge < -0.3 is 24.8 Å². The predicted octanol–water partition coefficient (Wildman–Crippen LogP) is 6.54. The summed E-state index contributed by atoms with van der Waals surface area (Å²) in [5.41, 5.74) is 7.32. The van der Waals surface area contributed by atoms with Crippen LogP contribution in [0.5, 0.6) is 17.2 Å². The minimum absolute atomic E-state index is 0.195. The van der Waals surface area contributed by atoms with E-state index in [0.29, 0.717) is 11.7 Å². The number of aromatic nitrogens is 1.